The van der Waals surface area contributed by atoms with E-state index < -0.39 is 0 Å². The number of nitrogens with one attached hydrogen (secondary N) is 1. The molecule has 0 spiro atoms. The smallest absolute Gasteiger partial charge is 0.222 e. The molecule has 0 aromatic heterocycles. The van der Waals surface area contributed by atoms with E-state index in [0.717, 1.165) is 25.9 Å². The van der Waals surface area contributed by atoms with Crippen molar-refractivity contribution in [3.05, 3.63) is 35.4 Å². The van der Waals surface area contributed by atoms with Gasteiger partial charge in [-0.15, -0.1) is 12.4 Å². The molecule has 0 saturated carbocycles. The first-order chi connectivity index (χ1) is 9.15. The molecule has 0 atom stereocenters. The molecule has 2 rings (SSSR count). The molecule has 0 radical (unpaired) electrons. The van der Waals surface area contributed by atoms with Gasteiger partial charge in [-0.05, 0) is 44.3 Å². The lowest BCUT2D eigenvalue weighted by molar-refractivity contribution is -0.131. The van der Waals surface area contributed by atoms with Crippen molar-refractivity contribution in [1.29, 1.82) is 0 Å². The molecule has 0 unspecified atom stereocenters. The van der Waals surface area contributed by atoms with Gasteiger partial charge in [0.1, 0.15) is 0 Å². The molecule has 1 aromatic rings. The number of carbonyl (C=O) groups is 1. The third-order valence-corrected chi connectivity index (χ3v) is 3.85. The molecule has 1 aromatic carbocycles. The van der Waals surface area contributed by atoms with Gasteiger partial charge in [-0.25, -0.2) is 0 Å². The van der Waals surface area contributed by atoms with Gasteiger partial charge in [0.2, 0.25) is 5.91 Å². The second kappa shape index (κ2) is 8.28. The second-order valence-electron chi connectivity index (χ2n) is 5.64. The zero-order chi connectivity index (χ0) is 13.7. The molecule has 112 valence electrons. The minimum absolute atomic E-state index is 0. The van der Waals surface area contributed by atoms with Crippen molar-refractivity contribution >= 4 is 18.3 Å². The lowest BCUT2D eigenvalue weighted by Gasteiger charge is -2.25. The Balaban J connectivity index is 0.00000200. The van der Waals surface area contributed by atoms with E-state index in [-0.39, 0.29) is 18.3 Å². The minimum Gasteiger partial charge on any atom is -0.341 e. The fourth-order valence-electron chi connectivity index (χ4n) is 2.66. The highest BCUT2D eigenvalue weighted by Gasteiger charge is 2.19. The Bertz CT molecular complexity index is 430. The minimum atomic E-state index is 0. The average molecular weight is 297 g/mol. The predicted molar refractivity (Wildman–Crippen MR) is 85.1 cm³/mol. The molecule has 3 nitrogen and oxygen atoms in total. The monoisotopic (exact) mass is 296 g/mol. The fraction of sp³-hybridized carbons (Fsp3) is 0.562. The maximum absolute atomic E-state index is 12.2. The summed E-state index contributed by atoms with van der Waals surface area (Å²) in [4.78, 5) is 14.1. The van der Waals surface area contributed by atoms with Crippen molar-refractivity contribution in [1.82, 2.24) is 10.2 Å². The van der Waals surface area contributed by atoms with E-state index in [1.807, 2.05) is 11.9 Å². The molecular weight excluding hydrogens is 272 g/mol. The van der Waals surface area contributed by atoms with E-state index in [4.69, 9.17) is 0 Å². The van der Waals surface area contributed by atoms with Gasteiger partial charge in [0.05, 0.1) is 0 Å². The number of benzene rings is 1. The van der Waals surface area contributed by atoms with Gasteiger partial charge in [0.15, 0.2) is 0 Å². The van der Waals surface area contributed by atoms with Crippen LogP contribution in [0.2, 0.25) is 0 Å². The van der Waals surface area contributed by atoms with Crippen LogP contribution in [0.15, 0.2) is 24.3 Å². The summed E-state index contributed by atoms with van der Waals surface area (Å²) in [5, 5.41) is 3.34. The van der Waals surface area contributed by atoms with Gasteiger partial charge in [-0.1, -0.05) is 29.8 Å². The van der Waals surface area contributed by atoms with Gasteiger partial charge >= 0.3 is 0 Å². The molecule has 1 N–H and O–H groups in total. The van der Waals surface area contributed by atoms with Gasteiger partial charge in [-0.3, -0.25) is 4.79 Å². The number of amides is 1. The van der Waals surface area contributed by atoms with Crippen LogP contribution < -0.4 is 5.32 Å². The Morgan fingerprint density at radius 2 is 2.05 bits per heavy atom. The number of hydrogen-bond acceptors (Lipinski definition) is 2. The third kappa shape index (κ3) is 5.14. The number of carbonyl (C=O) groups excluding carboxylic acids is 1. The first-order valence-corrected chi connectivity index (χ1v) is 7.15. The summed E-state index contributed by atoms with van der Waals surface area (Å²) in [5.41, 5.74) is 2.46. The highest BCUT2D eigenvalue weighted by molar-refractivity contribution is 5.85. The number of nitrogens with zero attached hydrogens (tertiary/aromatic N) is 1. The molecule has 1 heterocycles. The summed E-state index contributed by atoms with van der Waals surface area (Å²) >= 11 is 0. The molecule has 4 heteroatoms. The van der Waals surface area contributed by atoms with Gasteiger partial charge < -0.3 is 10.2 Å². The maximum atomic E-state index is 12.2. The molecule has 0 aliphatic carbocycles. The summed E-state index contributed by atoms with van der Waals surface area (Å²) in [6.07, 6.45) is 2.96. The van der Waals surface area contributed by atoms with Crippen LogP contribution in [0.3, 0.4) is 0 Å². The summed E-state index contributed by atoms with van der Waals surface area (Å²) < 4.78 is 0. The standard InChI is InChI=1S/C16H24N2O.ClH/c1-13-4-3-5-15(10-13)12-18(2)16(19)11-14-6-8-17-9-7-14;/h3-5,10,14,17H,6-9,11-12H2,1-2H3;1H. The van der Waals surface area contributed by atoms with Crippen molar-refractivity contribution in [2.45, 2.75) is 32.7 Å². The Morgan fingerprint density at radius 3 is 2.70 bits per heavy atom. The number of hydrogen-bond donors (Lipinski definition) is 1. The zero-order valence-electron chi connectivity index (χ0n) is 12.4. The number of piperidine rings is 1. The molecular formula is C16H25ClN2O. The molecule has 1 fully saturated rings. The average Bonchev–Trinajstić information content (AvgIpc) is 2.40. The maximum Gasteiger partial charge on any atom is 0.222 e. The number of rotatable bonds is 4. The van der Waals surface area contributed by atoms with Gasteiger partial charge in [-0.2, -0.15) is 0 Å². The lowest BCUT2D eigenvalue weighted by Crippen LogP contribution is -2.33. The van der Waals surface area contributed by atoms with Crippen LogP contribution in [-0.4, -0.2) is 30.9 Å². The summed E-state index contributed by atoms with van der Waals surface area (Å²) in [7, 11) is 1.91. The van der Waals surface area contributed by atoms with Gasteiger partial charge in [0, 0.05) is 20.0 Å². The Morgan fingerprint density at radius 1 is 1.35 bits per heavy atom. The quantitative estimate of drug-likeness (QED) is 0.926. The van der Waals surface area contributed by atoms with Crippen molar-refractivity contribution in [2.24, 2.45) is 5.92 Å². The number of aryl methyl sites for hydroxylation is 1. The Labute approximate surface area is 128 Å². The van der Waals surface area contributed by atoms with Crippen molar-refractivity contribution < 1.29 is 4.79 Å². The lowest BCUT2D eigenvalue weighted by atomic mass is 9.94. The van der Waals surface area contributed by atoms with Crippen LogP contribution in [0.5, 0.6) is 0 Å². The first-order valence-electron chi connectivity index (χ1n) is 7.15. The van der Waals surface area contributed by atoms with E-state index >= 15 is 0 Å². The SMILES string of the molecule is Cc1cccc(CN(C)C(=O)CC2CCNCC2)c1.Cl. The molecule has 1 saturated heterocycles. The molecule has 1 aliphatic heterocycles. The summed E-state index contributed by atoms with van der Waals surface area (Å²) in [5.74, 6) is 0.835. The first kappa shape index (κ1) is 17.0. The number of halogens is 1. The highest BCUT2D eigenvalue weighted by atomic mass is 35.5. The van der Waals surface area contributed by atoms with E-state index in [1.54, 1.807) is 0 Å². The van der Waals surface area contributed by atoms with Gasteiger partial charge in [0.25, 0.3) is 0 Å². The van der Waals surface area contributed by atoms with Crippen LogP contribution >= 0.6 is 12.4 Å². The van der Waals surface area contributed by atoms with Crippen LogP contribution in [0, 0.1) is 12.8 Å². The molecule has 1 aliphatic rings. The topological polar surface area (TPSA) is 32.3 Å². The van der Waals surface area contributed by atoms with E-state index in [2.05, 4.69) is 36.5 Å². The molecule has 20 heavy (non-hydrogen) atoms. The van der Waals surface area contributed by atoms with E-state index in [9.17, 15) is 4.79 Å². The van der Waals surface area contributed by atoms with Crippen molar-refractivity contribution in [3.8, 4) is 0 Å². The Kier molecular flexibility index (Phi) is 7.03. The van der Waals surface area contributed by atoms with E-state index in [0.29, 0.717) is 18.9 Å². The van der Waals surface area contributed by atoms with Crippen LogP contribution in [-0.2, 0) is 11.3 Å². The van der Waals surface area contributed by atoms with Crippen LogP contribution in [0.25, 0.3) is 0 Å². The van der Waals surface area contributed by atoms with Crippen LogP contribution in [0.1, 0.15) is 30.4 Å². The third-order valence-electron chi connectivity index (χ3n) is 3.85. The second-order valence-corrected chi connectivity index (χ2v) is 5.64. The van der Waals surface area contributed by atoms with Crippen molar-refractivity contribution in [2.75, 3.05) is 20.1 Å². The van der Waals surface area contributed by atoms with Crippen LogP contribution in [0.4, 0.5) is 0 Å². The molecule has 0 bridgehead atoms. The highest BCUT2D eigenvalue weighted by Crippen LogP contribution is 2.17. The predicted octanol–water partition coefficient (Wildman–Crippen LogP) is 2.76. The fourth-order valence-corrected chi connectivity index (χ4v) is 2.66. The summed E-state index contributed by atoms with van der Waals surface area (Å²) in [6.45, 7) is 4.91. The zero-order valence-corrected chi connectivity index (χ0v) is 13.2. The largest absolute Gasteiger partial charge is 0.341 e. The normalized spacial score (nSPS) is 15.5. The molecule has 1 amide bonds. The van der Waals surface area contributed by atoms with E-state index in [1.165, 1.54) is 11.1 Å². The van der Waals surface area contributed by atoms with Crippen molar-refractivity contribution in [3.63, 3.8) is 0 Å². The summed E-state index contributed by atoms with van der Waals surface area (Å²) in [6, 6.07) is 8.37. The Hall–Kier alpha value is -1.06.